The van der Waals surface area contributed by atoms with E-state index in [0.29, 0.717) is 0 Å². The number of aromatic amines is 1. The predicted octanol–water partition coefficient (Wildman–Crippen LogP) is 2.29. The molecule has 58 valence electrons. The van der Waals surface area contributed by atoms with Crippen LogP contribution in [0.1, 0.15) is 32.0 Å². The maximum Gasteiger partial charge on any atom is 0.0928 e. The average molecular weight is 147 g/mol. The molecule has 0 aromatic carbocycles. The number of terminal acetylenes is 1. The summed E-state index contributed by atoms with van der Waals surface area (Å²) in [5.74, 6) is 2.63. The first-order valence-electron chi connectivity index (χ1n) is 3.70. The Morgan fingerprint density at radius 1 is 1.45 bits per heavy atom. The van der Waals surface area contributed by atoms with Crippen LogP contribution in [-0.2, 0) is 5.41 Å². The first-order valence-corrected chi connectivity index (χ1v) is 3.70. The van der Waals surface area contributed by atoms with Gasteiger partial charge in [0.15, 0.2) is 0 Å². The highest BCUT2D eigenvalue weighted by atomic mass is 14.7. The van der Waals surface area contributed by atoms with Crippen LogP contribution < -0.4 is 0 Å². The van der Waals surface area contributed by atoms with Gasteiger partial charge in [0, 0.05) is 6.20 Å². The third kappa shape index (κ3) is 1.46. The Hall–Kier alpha value is -1.16. The molecule has 0 aliphatic carbocycles. The summed E-state index contributed by atoms with van der Waals surface area (Å²) < 4.78 is 0. The van der Waals surface area contributed by atoms with Crippen molar-refractivity contribution in [2.45, 2.75) is 26.2 Å². The second-order valence-corrected chi connectivity index (χ2v) is 3.66. The Labute approximate surface area is 67.8 Å². The summed E-state index contributed by atoms with van der Waals surface area (Å²) in [6, 6.07) is 2.04. The second-order valence-electron chi connectivity index (χ2n) is 3.66. The van der Waals surface area contributed by atoms with Crippen molar-refractivity contribution in [3.8, 4) is 12.3 Å². The maximum atomic E-state index is 5.31. The maximum absolute atomic E-state index is 5.31. The van der Waals surface area contributed by atoms with Crippen LogP contribution in [0.2, 0.25) is 0 Å². The average Bonchev–Trinajstić information content (AvgIpc) is 2.31. The largest absolute Gasteiger partial charge is 0.355 e. The highest BCUT2D eigenvalue weighted by Gasteiger charge is 2.17. The van der Waals surface area contributed by atoms with Gasteiger partial charge in [-0.15, -0.1) is 6.42 Å². The topological polar surface area (TPSA) is 15.8 Å². The number of nitrogens with one attached hydrogen (secondary N) is 1. The third-order valence-electron chi connectivity index (χ3n) is 1.70. The van der Waals surface area contributed by atoms with Gasteiger partial charge in [-0.3, -0.25) is 0 Å². The fourth-order valence-electron chi connectivity index (χ4n) is 1.11. The van der Waals surface area contributed by atoms with Crippen LogP contribution in [0.15, 0.2) is 12.3 Å². The van der Waals surface area contributed by atoms with Crippen molar-refractivity contribution in [2.24, 2.45) is 0 Å². The molecule has 0 spiro atoms. The van der Waals surface area contributed by atoms with Crippen molar-refractivity contribution in [1.82, 2.24) is 4.98 Å². The van der Waals surface area contributed by atoms with Gasteiger partial charge in [0.1, 0.15) is 0 Å². The van der Waals surface area contributed by atoms with E-state index in [4.69, 9.17) is 6.42 Å². The van der Waals surface area contributed by atoms with Gasteiger partial charge in [-0.2, -0.15) is 0 Å². The van der Waals surface area contributed by atoms with Crippen molar-refractivity contribution < 1.29 is 0 Å². The van der Waals surface area contributed by atoms with Crippen LogP contribution in [0.4, 0.5) is 0 Å². The summed E-state index contributed by atoms with van der Waals surface area (Å²) in [5.41, 5.74) is 2.25. The fraction of sp³-hybridized carbons (Fsp3) is 0.400. The SMILES string of the molecule is C#Cc1[nH]ccc1C(C)(C)C. The van der Waals surface area contributed by atoms with Crippen LogP contribution in [0.25, 0.3) is 0 Å². The minimum absolute atomic E-state index is 0.141. The van der Waals surface area contributed by atoms with E-state index in [0.717, 1.165) is 5.69 Å². The number of hydrogen-bond acceptors (Lipinski definition) is 0. The molecule has 0 bridgehead atoms. The third-order valence-corrected chi connectivity index (χ3v) is 1.70. The Morgan fingerprint density at radius 2 is 2.09 bits per heavy atom. The zero-order valence-electron chi connectivity index (χ0n) is 7.23. The van der Waals surface area contributed by atoms with E-state index in [9.17, 15) is 0 Å². The monoisotopic (exact) mass is 147 g/mol. The molecular formula is C10H13N. The molecule has 11 heavy (non-hydrogen) atoms. The molecule has 0 saturated carbocycles. The van der Waals surface area contributed by atoms with Gasteiger partial charge < -0.3 is 4.98 Å². The highest BCUT2D eigenvalue weighted by Crippen LogP contribution is 2.24. The molecule has 1 rings (SSSR count). The van der Waals surface area contributed by atoms with Gasteiger partial charge in [0.25, 0.3) is 0 Å². The summed E-state index contributed by atoms with van der Waals surface area (Å²) in [4.78, 5) is 3.03. The molecule has 1 N–H and O–H groups in total. The number of rotatable bonds is 0. The molecule has 0 radical (unpaired) electrons. The molecule has 0 aliphatic heterocycles. The van der Waals surface area contributed by atoms with Crippen molar-refractivity contribution in [3.05, 3.63) is 23.5 Å². The molecule has 1 heterocycles. The molecule has 0 amide bonds. The van der Waals surface area contributed by atoms with Crippen LogP contribution in [-0.4, -0.2) is 4.98 Å². The summed E-state index contributed by atoms with van der Waals surface area (Å²) >= 11 is 0. The Bertz CT molecular complexity index is 281. The lowest BCUT2D eigenvalue weighted by atomic mass is 9.87. The van der Waals surface area contributed by atoms with Crippen molar-refractivity contribution in [3.63, 3.8) is 0 Å². The van der Waals surface area contributed by atoms with Crippen molar-refractivity contribution in [1.29, 1.82) is 0 Å². The van der Waals surface area contributed by atoms with Gasteiger partial charge >= 0.3 is 0 Å². The zero-order valence-corrected chi connectivity index (χ0v) is 7.23. The van der Waals surface area contributed by atoms with Crippen LogP contribution in [0, 0.1) is 12.3 Å². The van der Waals surface area contributed by atoms with Crippen molar-refractivity contribution >= 4 is 0 Å². The van der Waals surface area contributed by atoms with Gasteiger partial charge in [0.05, 0.1) is 5.69 Å². The van der Waals surface area contributed by atoms with Crippen molar-refractivity contribution in [2.75, 3.05) is 0 Å². The smallest absolute Gasteiger partial charge is 0.0928 e. The van der Waals surface area contributed by atoms with Gasteiger partial charge in [-0.1, -0.05) is 26.7 Å². The van der Waals surface area contributed by atoms with Crippen LogP contribution >= 0.6 is 0 Å². The Kier molecular flexibility index (Phi) is 1.78. The molecular weight excluding hydrogens is 134 g/mol. The Balaban J connectivity index is 3.15. The molecule has 0 saturated heterocycles. The lowest BCUT2D eigenvalue weighted by Gasteiger charge is -2.17. The molecule has 0 unspecified atom stereocenters. The van der Waals surface area contributed by atoms with E-state index in [-0.39, 0.29) is 5.41 Å². The lowest BCUT2D eigenvalue weighted by molar-refractivity contribution is 0.589. The minimum atomic E-state index is 0.141. The van der Waals surface area contributed by atoms with E-state index in [1.54, 1.807) is 0 Å². The van der Waals surface area contributed by atoms with Gasteiger partial charge in [-0.25, -0.2) is 0 Å². The molecule has 0 fully saturated rings. The highest BCUT2D eigenvalue weighted by molar-refractivity contribution is 5.38. The van der Waals surface area contributed by atoms with E-state index < -0.39 is 0 Å². The molecule has 1 heteroatoms. The quantitative estimate of drug-likeness (QED) is 0.542. The van der Waals surface area contributed by atoms with E-state index in [1.165, 1.54) is 5.56 Å². The van der Waals surface area contributed by atoms with Gasteiger partial charge in [0.2, 0.25) is 0 Å². The molecule has 1 nitrogen and oxygen atoms in total. The summed E-state index contributed by atoms with van der Waals surface area (Å²) in [6.45, 7) is 6.45. The molecule has 0 atom stereocenters. The van der Waals surface area contributed by atoms with Gasteiger partial charge in [-0.05, 0) is 17.0 Å². The molecule has 1 aromatic rings. The van der Waals surface area contributed by atoms with E-state index in [1.807, 2.05) is 12.3 Å². The lowest BCUT2D eigenvalue weighted by Crippen LogP contribution is -2.11. The predicted molar refractivity (Wildman–Crippen MR) is 47.4 cm³/mol. The van der Waals surface area contributed by atoms with Crippen LogP contribution in [0.3, 0.4) is 0 Å². The normalized spacial score (nSPS) is 11.1. The zero-order chi connectivity index (χ0) is 8.48. The molecule has 0 aliphatic rings. The summed E-state index contributed by atoms with van der Waals surface area (Å²) in [7, 11) is 0. The van der Waals surface area contributed by atoms with E-state index >= 15 is 0 Å². The number of hydrogen-bond donors (Lipinski definition) is 1. The minimum Gasteiger partial charge on any atom is -0.355 e. The van der Waals surface area contributed by atoms with Crippen LogP contribution in [0.5, 0.6) is 0 Å². The fourth-order valence-corrected chi connectivity index (χ4v) is 1.11. The second kappa shape index (κ2) is 2.47. The van der Waals surface area contributed by atoms with E-state index in [2.05, 4.69) is 31.7 Å². The number of aromatic nitrogens is 1. The summed E-state index contributed by atoms with van der Waals surface area (Å²) in [6.07, 6.45) is 7.20. The molecule has 1 aromatic heterocycles. The Morgan fingerprint density at radius 3 is 2.45 bits per heavy atom. The summed E-state index contributed by atoms with van der Waals surface area (Å²) in [5, 5.41) is 0. The number of H-pyrrole nitrogens is 1. The first kappa shape index (κ1) is 7.94. The standard InChI is InChI=1S/C10H13N/c1-5-9-8(6-7-11-9)10(2,3)4/h1,6-7,11H,2-4H3. The first-order chi connectivity index (χ1) is 5.05.